The molecule has 0 amide bonds. The van der Waals surface area contributed by atoms with E-state index in [0.717, 1.165) is 17.7 Å². The highest BCUT2D eigenvalue weighted by Crippen LogP contribution is 2.33. The van der Waals surface area contributed by atoms with E-state index in [9.17, 15) is 0 Å². The number of hydrogen-bond acceptors (Lipinski definition) is 3. The number of para-hydroxylation sites is 1. The fraction of sp³-hybridized carbons (Fsp3) is 0.571. The van der Waals surface area contributed by atoms with Crippen molar-refractivity contribution in [1.82, 2.24) is 5.43 Å². The van der Waals surface area contributed by atoms with E-state index >= 15 is 0 Å². The van der Waals surface area contributed by atoms with E-state index in [-0.39, 0.29) is 11.5 Å². The molecule has 3 heteroatoms. The predicted molar refractivity (Wildman–Crippen MR) is 71.7 cm³/mol. The Bertz CT molecular complexity index is 344. The topological polar surface area (TPSA) is 47.3 Å². The molecule has 3 nitrogen and oxygen atoms in total. The fourth-order valence-corrected chi connectivity index (χ4v) is 1.93. The zero-order valence-corrected chi connectivity index (χ0v) is 11.3. The van der Waals surface area contributed by atoms with E-state index in [4.69, 9.17) is 10.6 Å². The van der Waals surface area contributed by atoms with Crippen LogP contribution in [0.3, 0.4) is 0 Å². The highest BCUT2D eigenvalue weighted by molar-refractivity contribution is 5.36. The summed E-state index contributed by atoms with van der Waals surface area (Å²) >= 11 is 0. The van der Waals surface area contributed by atoms with Crippen LogP contribution in [-0.4, -0.2) is 6.61 Å². The van der Waals surface area contributed by atoms with Gasteiger partial charge in [0, 0.05) is 5.56 Å². The van der Waals surface area contributed by atoms with E-state index < -0.39 is 0 Å². The normalized spacial score (nSPS) is 13.5. The minimum atomic E-state index is 0.123. The number of hydrogen-bond donors (Lipinski definition) is 2. The average molecular weight is 236 g/mol. The lowest BCUT2D eigenvalue weighted by Gasteiger charge is -2.27. The summed E-state index contributed by atoms with van der Waals surface area (Å²) < 4.78 is 5.64. The van der Waals surface area contributed by atoms with Gasteiger partial charge in [0.1, 0.15) is 5.75 Å². The molecule has 0 bridgehead atoms. The first-order valence-electron chi connectivity index (χ1n) is 6.16. The van der Waals surface area contributed by atoms with Gasteiger partial charge in [-0.1, -0.05) is 39.0 Å². The summed E-state index contributed by atoms with van der Waals surface area (Å²) in [7, 11) is 0. The van der Waals surface area contributed by atoms with Crippen LogP contribution in [0, 0.1) is 5.41 Å². The smallest absolute Gasteiger partial charge is 0.124 e. The number of rotatable bonds is 5. The van der Waals surface area contributed by atoms with Crippen molar-refractivity contribution in [2.75, 3.05) is 6.61 Å². The van der Waals surface area contributed by atoms with Crippen LogP contribution in [0.2, 0.25) is 0 Å². The zero-order valence-electron chi connectivity index (χ0n) is 11.3. The largest absolute Gasteiger partial charge is 0.494 e. The van der Waals surface area contributed by atoms with E-state index in [2.05, 4.69) is 32.3 Å². The van der Waals surface area contributed by atoms with Crippen molar-refractivity contribution in [3.63, 3.8) is 0 Å². The summed E-state index contributed by atoms with van der Waals surface area (Å²) in [5.41, 5.74) is 4.24. The lowest BCUT2D eigenvalue weighted by atomic mass is 9.85. The third-order valence-corrected chi connectivity index (χ3v) is 2.61. The fourth-order valence-electron chi connectivity index (χ4n) is 1.93. The van der Waals surface area contributed by atoms with Crippen LogP contribution < -0.4 is 16.0 Å². The van der Waals surface area contributed by atoms with Gasteiger partial charge >= 0.3 is 0 Å². The van der Waals surface area contributed by atoms with Crippen LogP contribution in [0.25, 0.3) is 0 Å². The van der Waals surface area contributed by atoms with E-state index in [0.29, 0.717) is 6.61 Å². The highest BCUT2D eigenvalue weighted by Gasteiger charge is 2.21. The molecule has 0 aromatic heterocycles. The number of benzene rings is 1. The van der Waals surface area contributed by atoms with Crippen molar-refractivity contribution < 1.29 is 4.74 Å². The molecule has 0 radical (unpaired) electrons. The Morgan fingerprint density at radius 3 is 2.47 bits per heavy atom. The summed E-state index contributed by atoms with van der Waals surface area (Å²) in [5.74, 6) is 6.59. The van der Waals surface area contributed by atoms with Gasteiger partial charge in [-0.2, -0.15) is 0 Å². The molecule has 0 aliphatic carbocycles. The minimum absolute atomic E-state index is 0.123. The third-order valence-electron chi connectivity index (χ3n) is 2.61. The first-order chi connectivity index (χ1) is 7.98. The molecule has 0 spiro atoms. The molecule has 1 unspecified atom stereocenters. The quantitative estimate of drug-likeness (QED) is 0.610. The maximum Gasteiger partial charge on any atom is 0.124 e. The van der Waals surface area contributed by atoms with Crippen molar-refractivity contribution in [2.24, 2.45) is 11.3 Å². The number of ether oxygens (including phenoxy) is 1. The van der Waals surface area contributed by atoms with Crippen molar-refractivity contribution >= 4 is 0 Å². The molecular formula is C14H24N2O. The van der Waals surface area contributed by atoms with Crippen molar-refractivity contribution in [1.29, 1.82) is 0 Å². The molecule has 1 aromatic rings. The number of hydrazine groups is 1. The van der Waals surface area contributed by atoms with Crippen molar-refractivity contribution in [3.8, 4) is 5.75 Å². The third kappa shape index (κ3) is 4.36. The number of nitrogens with one attached hydrogen (secondary N) is 1. The second-order valence-electron chi connectivity index (χ2n) is 5.45. The van der Waals surface area contributed by atoms with Crippen molar-refractivity contribution in [3.05, 3.63) is 29.8 Å². The minimum Gasteiger partial charge on any atom is -0.494 e. The average Bonchev–Trinajstić information content (AvgIpc) is 2.26. The monoisotopic (exact) mass is 236 g/mol. The van der Waals surface area contributed by atoms with Crippen LogP contribution >= 0.6 is 0 Å². The molecule has 1 aromatic carbocycles. The van der Waals surface area contributed by atoms with Crippen molar-refractivity contribution in [2.45, 2.75) is 40.2 Å². The van der Waals surface area contributed by atoms with E-state index in [1.165, 1.54) is 0 Å². The molecule has 0 aliphatic heterocycles. The van der Waals surface area contributed by atoms with Crippen LogP contribution in [0.1, 0.15) is 45.7 Å². The maximum absolute atomic E-state index is 5.67. The molecule has 1 atom stereocenters. The molecule has 0 aliphatic rings. The molecule has 3 N–H and O–H groups in total. The Morgan fingerprint density at radius 2 is 1.94 bits per heavy atom. The summed E-state index contributed by atoms with van der Waals surface area (Å²) in [4.78, 5) is 0. The molecule has 96 valence electrons. The predicted octanol–water partition coefficient (Wildman–Crippen LogP) is 3.03. The molecule has 0 saturated carbocycles. The lowest BCUT2D eigenvalue weighted by Crippen LogP contribution is -2.31. The van der Waals surface area contributed by atoms with Gasteiger partial charge < -0.3 is 4.74 Å². The lowest BCUT2D eigenvalue weighted by molar-refractivity contribution is 0.296. The molecular weight excluding hydrogens is 212 g/mol. The SMILES string of the molecule is CCOc1ccccc1C(CC(C)(C)C)NN. The Hall–Kier alpha value is -1.06. The van der Waals surface area contributed by atoms with Crippen LogP contribution in [0.4, 0.5) is 0 Å². The first-order valence-corrected chi connectivity index (χ1v) is 6.16. The first kappa shape index (κ1) is 14.0. The second-order valence-corrected chi connectivity index (χ2v) is 5.45. The molecule has 0 fully saturated rings. The van der Waals surface area contributed by atoms with Gasteiger partial charge in [0.2, 0.25) is 0 Å². The Kier molecular flexibility index (Phi) is 4.97. The van der Waals surface area contributed by atoms with Gasteiger partial charge in [-0.15, -0.1) is 0 Å². The van der Waals surface area contributed by atoms with Gasteiger partial charge in [0.25, 0.3) is 0 Å². The standard InChI is InChI=1S/C14H24N2O/c1-5-17-13-9-7-6-8-11(13)12(16-15)10-14(2,3)4/h6-9,12,16H,5,10,15H2,1-4H3. The van der Waals surface area contributed by atoms with Gasteiger partial charge in [-0.25, -0.2) is 0 Å². The Morgan fingerprint density at radius 1 is 1.29 bits per heavy atom. The zero-order chi connectivity index (χ0) is 12.9. The van der Waals surface area contributed by atoms with Gasteiger partial charge in [-0.05, 0) is 24.8 Å². The van der Waals surface area contributed by atoms with E-state index in [1.807, 2.05) is 25.1 Å². The molecule has 1 rings (SSSR count). The number of nitrogens with two attached hydrogens (primary N) is 1. The van der Waals surface area contributed by atoms with Gasteiger partial charge in [-0.3, -0.25) is 11.3 Å². The highest BCUT2D eigenvalue weighted by atomic mass is 16.5. The summed E-state index contributed by atoms with van der Waals surface area (Å²) in [5, 5.41) is 0. The molecule has 17 heavy (non-hydrogen) atoms. The van der Waals surface area contributed by atoms with Crippen LogP contribution in [-0.2, 0) is 0 Å². The second kappa shape index (κ2) is 6.03. The summed E-state index contributed by atoms with van der Waals surface area (Å²) in [6, 6.07) is 8.19. The van der Waals surface area contributed by atoms with Gasteiger partial charge in [0.05, 0.1) is 12.6 Å². The maximum atomic E-state index is 5.67. The van der Waals surface area contributed by atoms with E-state index in [1.54, 1.807) is 0 Å². The molecule has 0 heterocycles. The van der Waals surface area contributed by atoms with Crippen LogP contribution in [0.5, 0.6) is 5.75 Å². The summed E-state index contributed by atoms with van der Waals surface area (Å²) in [6.45, 7) is 9.29. The molecule has 0 saturated heterocycles. The van der Waals surface area contributed by atoms with Crippen LogP contribution in [0.15, 0.2) is 24.3 Å². The van der Waals surface area contributed by atoms with Gasteiger partial charge in [0.15, 0.2) is 0 Å². The Labute approximate surface area is 104 Å². The summed E-state index contributed by atoms with van der Waals surface area (Å²) in [6.07, 6.45) is 0.966. The Balaban J connectivity index is 2.94.